The first-order chi connectivity index (χ1) is 4.86. The monoisotopic (exact) mass is 160 g/mol. The Hall–Kier alpha value is 0.270. The Morgan fingerprint density at radius 2 is 2.50 bits per heavy atom. The fraction of sp³-hybridized carbons (Fsp3) is 1.00. The second kappa shape index (κ2) is 4.21. The minimum Gasteiger partial charge on any atom is -0.307 e. The summed E-state index contributed by atoms with van der Waals surface area (Å²) in [5.74, 6) is 0. The van der Waals surface area contributed by atoms with Gasteiger partial charge in [0.15, 0.2) is 0 Å². The largest absolute Gasteiger partial charge is 0.307 e. The lowest BCUT2D eigenvalue weighted by Crippen LogP contribution is -2.30. The van der Waals surface area contributed by atoms with Crippen molar-refractivity contribution < 1.29 is 0 Å². The van der Waals surface area contributed by atoms with Crippen molar-refractivity contribution in [2.75, 3.05) is 33.1 Å². The smallest absolute Gasteiger partial charge is 0.0478 e. The molecule has 0 aromatic carbocycles. The zero-order valence-corrected chi connectivity index (χ0v) is 7.58. The predicted molar refractivity (Wildman–Crippen MR) is 47.4 cm³/mol. The molecule has 0 aromatic rings. The molecule has 0 spiro atoms. The molecule has 0 amide bonds. The van der Waals surface area contributed by atoms with E-state index in [4.69, 9.17) is 0 Å². The van der Waals surface area contributed by atoms with Gasteiger partial charge in [-0.15, -0.1) is 0 Å². The molecular formula is C7H16N2S. The summed E-state index contributed by atoms with van der Waals surface area (Å²) in [6.45, 7) is 3.59. The molecule has 60 valence electrons. The Bertz CT molecular complexity index is 97.6. The zero-order valence-electron chi connectivity index (χ0n) is 6.76. The Kier molecular flexibility index (Phi) is 3.52. The van der Waals surface area contributed by atoms with E-state index in [1.807, 2.05) is 18.8 Å². The highest BCUT2D eigenvalue weighted by atomic mass is 32.2. The van der Waals surface area contributed by atoms with Crippen LogP contribution in [0, 0.1) is 0 Å². The van der Waals surface area contributed by atoms with Gasteiger partial charge in [0.25, 0.3) is 0 Å². The second-order valence-electron chi connectivity index (χ2n) is 2.74. The molecule has 0 saturated carbocycles. The van der Waals surface area contributed by atoms with E-state index in [9.17, 15) is 0 Å². The summed E-state index contributed by atoms with van der Waals surface area (Å²) in [5.41, 5.74) is 0. The second-order valence-corrected chi connectivity index (χ2v) is 3.87. The Morgan fingerprint density at radius 1 is 1.70 bits per heavy atom. The van der Waals surface area contributed by atoms with Crippen molar-refractivity contribution in [2.45, 2.75) is 11.7 Å². The van der Waals surface area contributed by atoms with Gasteiger partial charge in [-0.2, -0.15) is 11.8 Å². The molecular weight excluding hydrogens is 144 g/mol. The minimum absolute atomic E-state index is 0.883. The molecule has 0 aliphatic carbocycles. The molecule has 1 fully saturated rings. The van der Waals surface area contributed by atoms with E-state index in [2.05, 4.69) is 16.5 Å². The highest BCUT2D eigenvalue weighted by Gasteiger charge is 2.19. The van der Waals surface area contributed by atoms with Crippen molar-refractivity contribution in [2.24, 2.45) is 0 Å². The molecule has 10 heavy (non-hydrogen) atoms. The zero-order chi connectivity index (χ0) is 7.40. The lowest BCUT2D eigenvalue weighted by molar-refractivity contribution is 0.322. The minimum atomic E-state index is 0.883. The topological polar surface area (TPSA) is 15.3 Å². The fourth-order valence-electron chi connectivity index (χ4n) is 1.36. The highest BCUT2D eigenvalue weighted by Crippen LogP contribution is 2.18. The van der Waals surface area contributed by atoms with E-state index in [-0.39, 0.29) is 0 Å². The van der Waals surface area contributed by atoms with Crippen molar-refractivity contribution >= 4 is 11.8 Å². The summed E-state index contributed by atoms with van der Waals surface area (Å²) in [5, 5.41) is 4.05. The maximum absolute atomic E-state index is 3.17. The lowest BCUT2D eigenvalue weighted by atomic mass is 10.4. The molecule has 1 aliphatic rings. The van der Waals surface area contributed by atoms with Gasteiger partial charge in [0.2, 0.25) is 0 Å². The molecule has 1 N–H and O–H groups in total. The van der Waals surface area contributed by atoms with Gasteiger partial charge in [-0.3, -0.25) is 4.90 Å². The van der Waals surface area contributed by atoms with Crippen molar-refractivity contribution in [1.29, 1.82) is 0 Å². The van der Waals surface area contributed by atoms with Crippen LogP contribution in [0.25, 0.3) is 0 Å². The number of hydrogen-bond acceptors (Lipinski definition) is 3. The van der Waals surface area contributed by atoms with Crippen LogP contribution in [0.1, 0.15) is 6.42 Å². The molecule has 0 radical (unpaired) electrons. The van der Waals surface area contributed by atoms with Crippen LogP contribution in [0.2, 0.25) is 0 Å². The highest BCUT2D eigenvalue weighted by molar-refractivity contribution is 7.99. The van der Waals surface area contributed by atoms with Gasteiger partial charge in [0.1, 0.15) is 0 Å². The van der Waals surface area contributed by atoms with Crippen LogP contribution in [0.3, 0.4) is 0 Å². The quantitative estimate of drug-likeness (QED) is 0.651. The molecule has 1 rings (SSSR count). The van der Waals surface area contributed by atoms with E-state index < -0.39 is 0 Å². The van der Waals surface area contributed by atoms with Crippen LogP contribution >= 0.6 is 11.8 Å². The summed E-state index contributed by atoms with van der Waals surface area (Å²) in [4.78, 5) is 2.46. The lowest BCUT2D eigenvalue weighted by Gasteiger charge is -2.13. The van der Waals surface area contributed by atoms with E-state index in [0.717, 1.165) is 11.9 Å². The van der Waals surface area contributed by atoms with Crippen LogP contribution < -0.4 is 5.32 Å². The normalized spacial score (nSPS) is 27.6. The van der Waals surface area contributed by atoms with Crippen LogP contribution in [0.15, 0.2) is 0 Å². The molecule has 1 unspecified atom stereocenters. The molecule has 1 saturated heterocycles. The number of hydrogen-bond donors (Lipinski definition) is 1. The maximum Gasteiger partial charge on any atom is 0.0478 e. The van der Waals surface area contributed by atoms with Crippen LogP contribution in [-0.2, 0) is 0 Å². The number of nitrogens with one attached hydrogen (secondary N) is 1. The van der Waals surface area contributed by atoms with E-state index in [1.165, 1.54) is 19.5 Å². The Morgan fingerprint density at radius 3 is 3.00 bits per heavy atom. The van der Waals surface area contributed by atoms with Gasteiger partial charge in [0, 0.05) is 25.0 Å². The van der Waals surface area contributed by atoms with Crippen molar-refractivity contribution in [3.8, 4) is 0 Å². The van der Waals surface area contributed by atoms with Gasteiger partial charge in [0.05, 0.1) is 0 Å². The van der Waals surface area contributed by atoms with E-state index in [0.29, 0.717) is 0 Å². The Labute approximate surface area is 67.4 Å². The summed E-state index contributed by atoms with van der Waals surface area (Å²) < 4.78 is 0. The molecule has 2 nitrogen and oxygen atoms in total. The molecule has 1 atom stereocenters. The first kappa shape index (κ1) is 8.37. The standard InChI is InChI=1S/C7H16N2S/c1-8-6-9-4-3-7(5-9)10-2/h7-8H,3-6H2,1-2H3. The van der Waals surface area contributed by atoms with Gasteiger partial charge in [-0.25, -0.2) is 0 Å². The third kappa shape index (κ3) is 2.15. The number of thioether (sulfide) groups is 1. The third-order valence-corrected chi connectivity index (χ3v) is 3.00. The average molecular weight is 160 g/mol. The molecule has 1 aliphatic heterocycles. The van der Waals surface area contributed by atoms with Crippen LogP contribution in [0.5, 0.6) is 0 Å². The summed E-state index contributed by atoms with van der Waals surface area (Å²) in [6, 6.07) is 0. The van der Waals surface area contributed by atoms with Crippen molar-refractivity contribution in [1.82, 2.24) is 10.2 Å². The summed E-state index contributed by atoms with van der Waals surface area (Å²) in [6.07, 6.45) is 3.57. The SMILES string of the molecule is CNCN1CCC(SC)C1. The average Bonchev–Trinajstić information content (AvgIpc) is 2.37. The maximum atomic E-state index is 3.17. The summed E-state index contributed by atoms with van der Waals surface area (Å²) in [7, 11) is 2.01. The van der Waals surface area contributed by atoms with E-state index >= 15 is 0 Å². The van der Waals surface area contributed by atoms with Gasteiger partial charge < -0.3 is 5.32 Å². The van der Waals surface area contributed by atoms with Crippen molar-refractivity contribution in [3.63, 3.8) is 0 Å². The molecule has 0 bridgehead atoms. The molecule has 1 heterocycles. The van der Waals surface area contributed by atoms with Crippen LogP contribution in [0.4, 0.5) is 0 Å². The number of likely N-dealkylation sites (tertiary alicyclic amines) is 1. The van der Waals surface area contributed by atoms with E-state index in [1.54, 1.807) is 0 Å². The predicted octanol–water partition coefficient (Wildman–Crippen LogP) is 0.601. The van der Waals surface area contributed by atoms with Gasteiger partial charge in [-0.05, 0) is 19.7 Å². The number of nitrogens with zero attached hydrogens (tertiary/aromatic N) is 1. The van der Waals surface area contributed by atoms with Crippen LogP contribution in [-0.4, -0.2) is 43.2 Å². The number of rotatable bonds is 3. The Balaban J connectivity index is 2.15. The third-order valence-electron chi connectivity index (χ3n) is 1.94. The van der Waals surface area contributed by atoms with Crippen molar-refractivity contribution in [3.05, 3.63) is 0 Å². The summed E-state index contributed by atoms with van der Waals surface area (Å²) >= 11 is 1.99. The molecule has 3 heteroatoms. The van der Waals surface area contributed by atoms with Gasteiger partial charge in [-0.1, -0.05) is 0 Å². The first-order valence-electron chi connectivity index (χ1n) is 3.76. The first-order valence-corrected chi connectivity index (χ1v) is 5.05. The fourth-order valence-corrected chi connectivity index (χ4v) is 2.06. The van der Waals surface area contributed by atoms with Gasteiger partial charge >= 0.3 is 0 Å². The molecule has 0 aromatic heterocycles.